The highest BCUT2D eigenvalue weighted by atomic mass is 35.5. The maximum Gasteiger partial charge on any atom is 0.250 e. The molecule has 0 spiro atoms. The minimum absolute atomic E-state index is 0.0138. The van der Waals surface area contributed by atoms with Crippen molar-refractivity contribution in [3.63, 3.8) is 0 Å². The van der Waals surface area contributed by atoms with Crippen LogP contribution in [0.2, 0.25) is 15.1 Å². The fourth-order valence-corrected chi connectivity index (χ4v) is 3.76. The van der Waals surface area contributed by atoms with Gasteiger partial charge >= 0.3 is 0 Å². The van der Waals surface area contributed by atoms with E-state index in [0.29, 0.717) is 46.7 Å². The van der Waals surface area contributed by atoms with Crippen molar-refractivity contribution in [1.82, 2.24) is 9.96 Å². The molecule has 150 valence electrons. The van der Waals surface area contributed by atoms with Gasteiger partial charge in [0.2, 0.25) is 0 Å². The standard InChI is InChI=1S/C20H21Cl3N2O3/c21-15-4-2-14(3-5-15)19(12-24-8-7-16(26)11-24)25(28)20(27)10-13-1-6-17(22)18(23)9-13/h1-6,9,16,19,26,28H,7-8,10-12H2. The lowest BCUT2D eigenvalue weighted by atomic mass is 10.0. The van der Waals surface area contributed by atoms with Crippen molar-refractivity contribution in [1.29, 1.82) is 0 Å². The molecule has 1 aliphatic rings. The van der Waals surface area contributed by atoms with Crippen molar-refractivity contribution < 1.29 is 15.1 Å². The highest BCUT2D eigenvalue weighted by molar-refractivity contribution is 6.42. The lowest BCUT2D eigenvalue weighted by Gasteiger charge is -2.30. The number of amides is 1. The van der Waals surface area contributed by atoms with E-state index in [4.69, 9.17) is 34.8 Å². The molecule has 2 aromatic carbocycles. The summed E-state index contributed by atoms with van der Waals surface area (Å²) in [5.74, 6) is -0.460. The van der Waals surface area contributed by atoms with Gasteiger partial charge in [-0.25, -0.2) is 5.06 Å². The second kappa shape index (κ2) is 9.44. The molecule has 0 aliphatic carbocycles. The Kier molecular flexibility index (Phi) is 7.20. The van der Waals surface area contributed by atoms with E-state index in [1.54, 1.807) is 42.5 Å². The van der Waals surface area contributed by atoms with Crippen molar-refractivity contribution >= 4 is 40.7 Å². The van der Waals surface area contributed by atoms with Gasteiger partial charge in [-0.15, -0.1) is 0 Å². The summed E-state index contributed by atoms with van der Waals surface area (Å²) in [4.78, 5) is 14.8. The zero-order chi connectivity index (χ0) is 20.3. The van der Waals surface area contributed by atoms with Gasteiger partial charge in [0.1, 0.15) is 0 Å². The van der Waals surface area contributed by atoms with E-state index >= 15 is 0 Å². The Morgan fingerprint density at radius 1 is 1.14 bits per heavy atom. The Morgan fingerprint density at radius 3 is 2.46 bits per heavy atom. The van der Waals surface area contributed by atoms with Crippen LogP contribution in [0.5, 0.6) is 0 Å². The maximum atomic E-state index is 12.7. The molecule has 1 amide bonds. The summed E-state index contributed by atoms with van der Waals surface area (Å²) >= 11 is 17.9. The second-order valence-corrected chi connectivity index (χ2v) is 8.18. The summed E-state index contributed by atoms with van der Waals surface area (Å²) in [6, 6.07) is 11.4. The van der Waals surface area contributed by atoms with Gasteiger partial charge in [0, 0.05) is 24.7 Å². The number of hydrogen-bond acceptors (Lipinski definition) is 4. The Bertz CT molecular complexity index is 832. The minimum atomic E-state index is -0.585. The topological polar surface area (TPSA) is 64.0 Å². The molecule has 2 aromatic rings. The number of benzene rings is 2. The van der Waals surface area contributed by atoms with Crippen LogP contribution < -0.4 is 0 Å². The van der Waals surface area contributed by atoms with Gasteiger partial charge in [-0.1, -0.05) is 53.0 Å². The van der Waals surface area contributed by atoms with Gasteiger partial charge in [-0.2, -0.15) is 0 Å². The van der Waals surface area contributed by atoms with Gasteiger partial charge < -0.3 is 5.11 Å². The molecule has 2 N–H and O–H groups in total. The van der Waals surface area contributed by atoms with Crippen LogP contribution in [-0.4, -0.2) is 51.9 Å². The molecule has 1 fully saturated rings. The molecule has 0 radical (unpaired) electrons. The first-order valence-corrected chi connectivity index (χ1v) is 10.1. The zero-order valence-electron chi connectivity index (χ0n) is 15.1. The normalized spacial score (nSPS) is 18.2. The molecule has 0 aromatic heterocycles. The molecule has 0 bridgehead atoms. The van der Waals surface area contributed by atoms with E-state index in [0.717, 1.165) is 10.6 Å². The van der Waals surface area contributed by atoms with E-state index < -0.39 is 11.9 Å². The molecule has 5 nitrogen and oxygen atoms in total. The number of likely N-dealkylation sites (tertiary alicyclic amines) is 1. The Balaban J connectivity index is 1.78. The summed E-state index contributed by atoms with van der Waals surface area (Å²) < 4.78 is 0. The third-order valence-corrected chi connectivity index (χ3v) is 5.81. The fraction of sp³-hybridized carbons (Fsp3) is 0.350. The van der Waals surface area contributed by atoms with Crippen molar-refractivity contribution in [2.75, 3.05) is 19.6 Å². The van der Waals surface area contributed by atoms with Crippen molar-refractivity contribution in [3.8, 4) is 0 Å². The number of β-amino-alcohol motifs (C(OH)–C–C–N with tert-alkyl or cyclic N) is 1. The zero-order valence-corrected chi connectivity index (χ0v) is 17.3. The van der Waals surface area contributed by atoms with Crippen LogP contribution in [0.25, 0.3) is 0 Å². The lowest BCUT2D eigenvalue weighted by Crippen LogP contribution is -2.40. The molecule has 1 aliphatic heterocycles. The molecule has 1 heterocycles. The fourth-order valence-electron chi connectivity index (χ4n) is 3.31. The minimum Gasteiger partial charge on any atom is -0.392 e. The monoisotopic (exact) mass is 442 g/mol. The predicted molar refractivity (Wildman–Crippen MR) is 110 cm³/mol. The average Bonchev–Trinajstić information content (AvgIpc) is 3.08. The van der Waals surface area contributed by atoms with Crippen LogP contribution >= 0.6 is 34.8 Å². The third-order valence-electron chi connectivity index (χ3n) is 4.82. The van der Waals surface area contributed by atoms with E-state index in [9.17, 15) is 15.1 Å². The van der Waals surface area contributed by atoms with Crippen LogP contribution in [0.1, 0.15) is 23.6 Å². The number of aliphatic hydroxyl groups is 1. The van der Waals surface area contributed by atoms with E-state index in [1.807, 2.05) is 4.90 Å². The van der Waals surface area contributed by atoms with Crippen molar-refractivity contribution in [2.24, 2.45) is 0 Å². The number of nitrogens with zero attached hydrogens (tertiary/aromatic N) is 2. The maximum absolute atomic E-state index is 12.7. The highest BCUT2D eigenvalue weighted by Gasteiger charge is 2.29. The molecular weight excluding hydrogens is 423 g/mol. The summed E-state index contributed by atoms with van der Waals surface area (Å²) in [6.07, 6.45) is 0.278. The first kappa shape index (κ1) is 21.4. The number of rotatable bonds is 6. The summed E-state index contributed by atoms with van der Waals surface area (Å²) in [5, 5.41) is 22.6. The molecule has 0 saturated carbocycles. The number of carbonyl (C=O) groups is 1. The first-order valence-electron chi connectivity index (χ1n) is 8.94. The second-order valence-electron chi connectivity index (χ2n) is 6.93. The Hall–Kier alpha value is -1.34. The molecule has 2 atom stereocenters. The highest BCUT2D eigenvalue weighted by Crippen LogP contribution is 2.26. The SMILES string of the molecule is O=C(Cc1ccc(Cl)c(Cl)c1)N(O)C(CN1CCC(O)C1)c1ccc(Cl)cc1. The Morgan fingerprint density at radius 2 is 1.86 bits per heavy atom. The number of hydrogen-bond donors (Lipinski definition) is 2. The molecule has 2 unspecified atom stereocenters. The van der Waals surface area contributed by atoms with Crippen molar-refractivity contribution in [3.05, 3.63) is 68.7 Å². The van der Waals surface area contributed by atoms with Gasteiger partial charge in [0.05, 0.1) is 28.6 Å². The summed E-state index contributed by atoms with van der Waals surface area (Å²) in [5.41, 5.74) is 1.42. The van der Waals surface area contributed by atoms with Crippen LogP contribution in [0.3, 0.4) is 0 Å². The summed E-state index contributed by atoms with van der Waals surface area (Å²) in [7, 11) is 0. The predicted octanol–water partition coefficient (Wildman–Crippen LogP) is 4.22. The molecule has 28 heavy (non-hydrogen) atoms. The van der Waals surface area contributed by atoms with Crippen molar-refractivity contribution in [2.45, 2.75) is 25.0 Å². The smallest absolute Gasteiger partial charge is 0.250 e. The molecular formula is C20H21Cl3N2O3. The third kappa shape index (κ3) is 5.38. The number of aliphatic hydroxyl groups excluding tert-OH is 1. The first-order chi connectivity index (χ1) is 13.3. The van der Waals surface area contributed by atoms with Gasteiger partial charge in [-0.05, 0) is 41.8 Å². The van der Waals surface area contributed by atoms with Crippen LogP contribution in [0, 0.1) is 0 Å². The quantitative estimate of drug-likeness (QED) is 0.518. The van der Waals surface area contributed by atoms with Crippen LogP contribution in [-0.2, 0) is 11.2 Å². The molecule has 8 heteroatoms. The van der Waals surface area contributed by atoms with Crippen LogP contribution in [0.4, 0.5) is 0 Å². The lowest BCUT2D eigenvalue weighted by molar-refractivity contribution is -0.177. The van der Waals surface area contributed by atoms with Crippen LogP contribution in [0.15, 0.2) is 42.5 Å². The molecule has 1 saturated heterocycles. The van der Waals surface area contributed by atoms with Gasteiger partial charge in [0.25, 0.3) is 5.91 Å². The average molecular weight is 444 g/mol. The Labute approximate surface area is 179 Å². The number of carbonyl (C=O) groups excluding carboxylic acids is 1. The van der Waals surface area contributed by atoms with E-state index in [2.05, 4.69) is 0 Å². The number of halogens is 3. The van der Waals surface area contributed by atoms with E-state index in [1.165, 1.54) is 0 Å². The summed E-state index contributed by atoms with van der Waals surface area (Å²) in [6.45, 7) is 1.63. The van der Waals surface area contributed by atoms with Gasteiger partial charge in [-0.3, -0.25) is 14.9 Å². The number of hydroxylamine groups is 2. The largest absolute Gasteiger partial charge is 0.392 e. The van der Waals surface area contributed by atoms with Gasteiger partial charge in [0.15, 0.2) is 0 Å². The van der Waals surface area contributed by atoms with E-state index in [-0.39, 0.29) is 12.5 Å². The molecule has 3 rings (SSSR count).